The van der Waals surface area contributed by atoms with E-state index in [2.05, 4.69) is 15.8 Å². The van der Waals surface area contributed by atoms with Gasteiger partial charge in [-0.25, -0.2) is 4.79 Å². The standard InChI is InChI=1S/C18H18N4O5/c1-4-22-17(25)12-6-5-11(8-14(12)19-18(22)26)15(23)20-21-16(24)13-7-9(2)27-10(13)3/h5-8H,4H2,1-3H3,(H,19,26)(H,20,23)(H,21,24). The second kappa shape index (κ2) is 6.94. The van der Waals surface area contributed by atoms with Gasteiger partial charge >= 0.3 is 5.69 Å². The van der Waals surface area contributed by atoms with Crippen LogP contribution in [-0.2, 0) is 6.54 Å². The first-order valence-electron chi connectivity index (χ1n) is 8.26. The molecule has 0 unspecified atom stereocenters. The number of aromatic nitrogens is 2. The molecule has 2 aromatic heterocycles. The second-order valence-electron chi connectivity index (χ2n) is 5.98. The number of nitrogens with one attached hydrogen (secondary N) is 3. The van der Waals surface area contributed by atoms with Crippen molar-refractivity contribution in [2.24, 2.45) is 0 Å². The maximum atomic E-state index is 12.3. The number of carbonyl (C=O) groups is 2. The average Bonchev–Trinajstić information content (AvgIpc) is 2.97. The number of hydrogen-bond acceptors (Lipinski definition) is 5. The molecule has 3 aromatic rings. The molecule has 0 fully saturated rings. The number of carbonyl (C=O) groups excluding carboxylic acids is 2. The van der Waals surface area contributed by atoms with Crippen LogP contribution in [0.1, 0.15) is 39.2 Å². The summed E-state index contributed by atoms with van der Waals surface area (Å²) in [6, 6.07) is 5.85. The molecule has 0 aliphatic carbocycles. The summed E-state index contributed by atoms with van der Waals surface area (Å²) < 4.78 is 6.34. The molecule has 1 aromatic carbocycles. The Morgan fingerprint density at radius 3 is 2.44 bits per heavy atom. The molecule has 0 aliphatic heterocycles. The highest BCUT2D eigenvalue weighted by Crippen LogP contribution is 2.13. The van der Waals surface area contributed by atoms with Crippen molar-refractivity contribution in [1.29, 1.82) is 0 Å². The Hall–Kier alpha value is -3.62. The minimum absolute atomic E-state index is 0.173. The fourth-order valence-corrected chi connectivity index (χ4v) is 2.79. The molecule has 9 heteroatoms. The van der Waals surface area contributed by atoms with Crippen LogP contribution in [0.3, 0.4) is 0 Å². The van der Waals surface area contributed by atoms with Gasteiger partial charge in [-0.05, 0) is 45.0 Å². The third-order valence-electron chi connectivity index (χ3n) is 4.14. The molecule has 0 spiro atoms. The van der Waals surface area contributed by atoms with Gasteiger partial charge in [0.05, 0.1) is 16.5 Å². The van der Waals surface area contributed by atoms with E-state index in [-0.39, 0.29) is 17.6 Å². The lowest BCUT2D eigenvalue weighted by Gasteiger charge is -2.08. The zero-order chi connectivity index (χ0) is 19.7. The summed E-state index contributed by atoms with van der Waals surface area (Å²) in [6.07, 6.45) is 0. The number of rotatable bonds is 3. The fourth-order valence-electron chi connectivity index (χ4n) is 2.79. The van der Waals surface area contributed by atoms with E-state index in [9.17, 15) is 19.2 Å². The van der Waals surface area contributed by atoms with Crippen LogP contribution in [0.4, 0.5) is 0 Å². The monoisotopic (exact) mass is 370 g/mol. The van der Waals surface area contributed by atoms with Crippen LogP contribution in [-0.4, -0.2) is 21.4 Å². The van der Waals surface area contributed by atoms with Gasteiger partial charge in [0.25, 0.3) is 17.4 Å². The van der Waals surface area contributed by atoms with E-state index in [1.807, 2.05) is 0 Å². The highest BCUT2D eigenvalue weighted by molar-refractivity contribution is 6.01. The molecule has 0 bridgehead atoms. The van der Waals surface area contributed by atoms with Crippen LogP contribution in [0.5, 0.6) is 0 Å². The maximum Gasteiger partial charge on any atom is 0.328 e. The summed E-state index contributed by atoms with van der Waals surface area (Å²) in [5.41, 5.74) is 4.36. The number of nitrogens with zero attached hydrogens (tertiary/aromatic N) is 1. The minimum Gasteiger partial charge on any atom is -0.466 e. The third kappa shape index (κ3) is 3.39. The lowest BCUT2D eigenvalue weighted by atomic mass is 10.1. The van der Waals surface area contributed by atoms with E-state index < -0.39 is 23.1 Å². The Bertz CT molecular complexity index is 1170. The lowest BCUT2D eigenvalue weighted by Crippen LogP contribution is -2.41. The first-order chi connectivity index (χ1) is 12.8. The van der Waals surface area contributed by atoms with Crippen LogP contribution < -0.4 is 22.1 Å². The summed E-state index contributed by atoms with van der Waals surface area (Å²) in [4.78, 5) is 51.1. The van der Waals surface area contributed by atoms with Crippen LogP contribution in [0.15, 0.2) is 38.3 Å². The number of aryl methyl sites for hydroxylation is 2. The molecule has 2 amide bonds. The molecule has 2 heterocycles. The maximum absolute atomic E-state index is 12.3. The van der Waals surface area contributed by atoms with Gasteiger partial charge in [0.2, 0.25) is 0 Å². The van der Waals surface area contributed by atoms with Crippen molar-refractivity contribution in [2.45, 2.75) is 27.3 Å². The largest absolute Gasteiger partial charge is 0.466 e. The Morgan fingerprint density at radius 1 is 1.11 bits per heavy atom. The summed E-state index contributed by atoms with van der Waals surface area (Å²) in [5, 5.41) is 0.293. The molecule has 0 radical (unpaired) electrons. The van der Waals surface area contributed by atoms with Crippen molar-refractivity contribution < 1.29 is 14.0 Å². The van der Waals surface area contributed by atoms with Crippen molar-refractivity contribution in [2.75, 3.05) is 0 Å². The number of H-pyrrole nitrogens is 1. The third-order valence-corrected chi connectivity index (χ3v) is 4.14. The summed E-state index contributed by atoms with van der Waals surface area (Å²) >= 11 is 0. The van der Waals surface area contributed by atoms with E-state index in [4.69, 9.17) is 4.42 Å². The quantitative estimate of drug-likeness (QED) is 0.593. The Labute approximate surface area is 153 Å². The number of hydrogen-bond donors (Lipinski definition) is 3. The van der Waals surface area contributed by atoms with Gasteiger partial charge < -0.3 is 9.40 Å². The lowest BCUT2D eigenvalue weighted by molar-refractivity contribution is 0.0846. The van der Waals surface area contributed by atoms with Crippen molar-refractivity contribution in [3.63, 3.8) is 0 Å². The molecule has 0 saturated carbocycles. The van der Waals surface area contributed by atoms with Gasteiger partial charge in [0.15, 0.2) is 0 Å². The van der Waals surface area contributed by atoms with Gasteiger partial charge in [0.1, 0.15) is 11.5 Å². The van der Waals surface area contributed by atoms with Crippen LogP contribution in [0, 0.1) is 13.8 Å². The van der Waals surface area contributed by atoms with E-state index in [0.717, 1.165) is 4.57 Å². The van der Waals surface area contributed by atoms with Gasteiger partial charge in [-0.2, -0.15) is 0 Å². The first-order valence-corrected chi connectivity index (χ1v) is 8.26. The highest BCUT2D eigenvalue weighted by Gasteiger charge is 2.15. The van der Waals surface area contributed by atoms with Crippen molar-refractivity contribution in [3.8, 4) is 0 Å². The van der Waals surface area contributed by atoms with E-state index >= 15 is 0 Å². The summed E-state index contributed by atoms with van der Waals surface area (Å²) in [7, 11) is 0. The highest BCUT2D eigenvalue weighted by atomic mass is 16.3. The van der Waals surface area contributed by atoms with Gasteiger partial charge in [-0.3, -0.25) is 29.8 Å². The van der Waals surface area contributed by atoms with Crippen LogP contribution in [0.25, 0.3) is 10.9 Å². The molecule has 0 aliphatic rings. The smallest absolute Gasteiger partial charge is 0.328 e. The molecular weight excluding hydrogens is 352 g/mol. The zero-order valence-electron chi connectivity index (χ0n) is 15.0. The SMILES string of the molecule is CCn1c(=O)[nH]c2cc(C(=O)NNC(=O)c3cc(C)oc3C)ccc2c1=O. The molecule has 27 heavy (non-hydrogen) atoms. The fraction of sp³-hybridized carbons (Fsp3) is 0.222. The molecule has 0 atom stereocenters. The number of hydrazine groups is 1. The average molecular weight is 370 g/mol. The first kappa shape index (κ1) is 18.2. The predicted molar refractivity (Wildman–Crippen MR) is 97.6 cm³/mol. The Balaban J connectivity index is 1.82. The number of aromatic amines is 1. The Morgan fingerprint density at radius 2 is 1.81 bits per heavy atom. The summed E-state index contributed by atoms with van der Waals surface area (Å²) in [5.74, 6) is -0.0868. The van der Waals surface area contributed by atoms with E-state index in [1.165, 1.54) is 18.2 Å². The molecular formula is C18H18N4O5. The number of fused-ring (bicyclic) bond motifs is 1. The minimum atomic E-state index is -0.594. The normalized spacial score (nSPS) is 10.8. The van der Waals surface area contributed by atoms with Crippen LogP contribution >= 0.6 is 0 Å². The predicted octanol–water partition coefficient (Wildman–Crippen LogP) is 0.994. The second-order valence-corrected chi connectivity index (χ2v) is 5.98. The van der Waals surface area contributed by atoms with Crippen molar-refractivity contribution >= 4 is 22.7 Å². The molecule has 0 saturated heterocycles. The van der Waals surface area contributed by atoms with Gasteiger partial charge in [0, 0.05) is 12.1 Å². The molecule has 140 valence electrons. The summed E-state index contributed by atoms with van der Waals surface area (Å²) in [6.45, 7) is 5.29. The molecule has 9 nitrogen and oxygen atoms in total. The number of furan rings is 1. The number of benzene rings is 1. The zero-order valence-corrected chi connectivity index (χ0v) is 15.0. The Kier molecular flexibility index (Phi) is 4.68. The van der Waals surface area contributed by atoms with Crippen molar-refractivity contribution in [3.05, 3.63) is 67.8 Å². The molecule has 3 rings (SSSR count). The van der Waals surface area contributed by atoms with E-state index in [0.29, 0.717) is 22.5 Å². The molecule has 3 N–H and O–H groups in total. The topological polar surface area (TPSA) is 126 Å². The van der Waals surface area contributed by atoms with Gasteiger partial charge in [-0.15, -0.1) is 0 Å². The van der Waals surface area contributed by atoms with E-state index in [1.54, 1.807) is 26.8 Å². The van der Waals surface area contributed by atoms with Crippen LogP contribution in [0.2, 0.25) is 0 Å². The van der Waals surface area contributed by atoms with Crippen molar-refractivity contribution in [1.82, 2.24) is 20.4 Å². The van der Waals surface area contributed by atoms with Gasteiger partial charge in [-0.1, -0.05) is 0 Å². The number of amides is 2.